The lowest BCUT2D eigenvalue weighted by Gasteiger charge is -2.39. The lowest BCUT2D eigenvalue weighted by atomic mass is 9.73. The van der Waals surface area contributed by atoms with Gasteiger partial charge < -0.3 is 14.7 Å². The number of hydrogen-bond acceptors (Lipinski definition) is 3. The first-order chi connectivity index (χ1) is 11.0. The molecule has 1 N–H and O–H groups in total. The second-order valence-corrected chi connectivity index (χ2v) is 6.71. The van der Waals surface area contributed by atoms with Crippen LogP contribution in [0.25, 0.3) is 0 Å². The number of amides is 1. The van der Waals surface area contributed by atoms with Crippen molar-refractivity contribution in [2.45, 2.75) is 24.7 Å². The number of aliphatic carboxylic acids is 1. The third-order valence-electron chi connectivity index (χ3n) is 4.98. The highest BCUT2D eigenvalue weighted by atomic mass is 35.5. The lowest BCUT2D eigenvalue weighted by Crippen LogP contribution is -2.49. The van der Waals surface area contributed by atoms with Crippen molar-refractivity contribution in [2.24, 2.45) is 5.92 Å². The van der Waals surface area contributed by atoms with Gasteiger partial charge in [-0.05, 0) is 37.0 Å². The van der Waals surface area contributed by atoms with Crippen molar-refractivity contribution in [1.29, 1.82) is 0 Å². The van der Waals surface area contributed by atoms with E-state index in [-0.39, 0.29) is 5.91 Å². The Kier molecular flexibility index (Phi) is 4.60. The van der Waals surface area contributed by atoms with Gasteiger partial charge in [-0.2, -0.15) is 0 Å². The molecule has 124 valence electrons. The summed E-state index contributed by atoms with van der Waals surface area (Å²) in [6, 6.07) is 7.39. The maximum atomic E-state index is 13.2. The summed E-state index contributed by atoms with van der Waals surface area (Å²) < 4.78 is 5.45. The van der Waals surface area contributed by atoms with E-state index < -0.39 is 17.3 Å². The van der Waals surface area contributed by atoms with Gasteiger partial charge in [-0.25, -0.2) is 0 Å². The normalized spacial score (nSPS) is 23.7. The molecule has 0 saturated carbocycles. The second kappa shape index (κ2) is 6.49. The monoisotopic (exact) mass is 337 g/mol. The number of carboxylic acid groups (broad SMARTS) is 1. The van der Waals surface area contributed by atoms with E-state index in [9.17, 15) is 9.59 Å². The Morgan fingerprint density at radius 3 is 2.43 bits per heavy atom. The molecule has 6 heteroatoms. The van der Waals surface area contributed by atoms with Crippen molar-refractivity contribution in [2.75, 3.05) is 26.3 Å². The zero-order valence-electron chi connectivity index (χ0n) is 12.8. The molecule has 1 aromatic rings. The summed E-state index contributed by atoms with van der Waals surface area (Å²) in [5, 5.41) is 9.80. The number of carbonyl (C=O) groups excluding carboxylic acids is 1. The van der Waals surface area contributed by atoms with E-state index in [2.05, 4.69) is 0 Å². The van der Waals surface area contributed by atoms with Gasteiger partial charge in [0.1, 0.15) is 0 Å². The van der Waals surface area contributed by atoms with Gasteiger partial charge in [-0.3, -0.25) is 9.59 Å². The average molecular weight is 338 g/mol. The van der Waals surface area contributed by atoms with Crippen molar-refractivity contribution < 1.29 is 19.4 Å². The number of benzene rings is 1. The second-order valence-electron chi connectivity index (χ2n) is 6.28. The summed E-state index contributed by atoms with van der Waals surface area (Å²) in [6.07, 6.45) is 1.75. The van der Waals surface area contributed by atoms with Crippen LogP contribution in [0.4, 0.5) is 0 Å². The zero-order valence-corrected chi connectivity index (χ0v) is 13.6. The van der Waals surface area contributed by atoms with Crippen molar-refractivity contribution >= 4 is 23.5 Å². The number of carbonyl (C=O) groups is 2. The minimum absolute atomic E-state index is 0.0203. The van der Waals surface area contributed by atoms with Gasteiger partial charge in [-0.1, -0.05) is 23.7 Å². The molecule has 5 nitrogen and oxygen atoms in total. The Balaban J connectivity index is 1.88. The first kappa shape index (κ1) is 16.3. The lowest BCUT2D eigenvalue weighted by molar-refractivity contribution is -0.143. The third kappa shape index (κ3) is 3.08. The SMILES string of the molecule is O=C(O)[C@H]1CCN(C(=O)C2(c3ccc(Cl)cc3)CCOCC2)C1. The van der Waals surface area contributed by atoms with E-state index in [1.807, 2.05) is 12.1 Å². The number of carboxylic acids is 1. The van der Waals surface area contributed by atoms with Crippen LogP contribution in [0.2, 0.25) is 5.02 Å². The van der Waals surface area contributed by atoms with Gasteiger partial charge in [0, 0.05) is 31.3 Å². The first-order valence-corrected chi connectivity index (χ1v) is 8.27. The quantitative estimate of drug-likeness (QED) is 0.919. The predicted molar refractivity (Wildman–Crippen MR) is 85.5 cm³/mol. The van der Waals surface area contributed by atoms with Crippen LogP contribution in [-0.4, -0.2) is 48.2 Å². The maximum Gasteiger partial charge on any atom is 0.308 e. The summed E-state index contributed by atoms with van der Waals surface area (Å²) in [4.78, 5) is 26.1. The Bertz CT molecular complexity index is 595. The third-order valence-corrected chi connectivity index (χ3v) is 5.23. The molecule has 2 aliphatic heterocycles. The molecule has 0 unspecified atom stereocenters. The van der Waals surface area contributed by atoms with Crippen LogP contribution in [-0.2, 0) is 19.7 Å². The molecule has 2 fully saturated rings. The molecule has 0 aromatic heterocycles. The molecule has 0 spiro atoms. The van der Waals surface area contributed by atoms with Gasteiger partial charge >= 0.3 is 5.97 Å². The maximum absolute atomic E-state index is 13.2. The number of ether oxygens (including phenoxy) is 1. The molecular weight excluding hydrogens is 318 g/mol. The van der Waals surface area contributed by atoms with E-state index in [0.717, 1.165) is 5.56 Å². The number of likely N-dealkylation sites (tertiary alicyclic amines) is 1. The Hall–Kier alpha value is -1.59. The van der Waals surface area contributed by atoms with E-state index >= 15 is 0 Å². The largest absolute Gasteiger partial charge is 0.481 e. The topological polar surface area (TPSA) is 66.8 Å². The number of nitrogens with zero attached hydrogens (tertiary/aromatic N) is 1. The average Bonchev–Trinajstić information content (AvgIpc) is 3.05. The van der Waals surface area contributed by atoms with Crippen molar-refractivity contribution in [3.05, 3.63) is 34.9 Å². The van der Waals surface area contributed by atoms with E-state index in [0.29, 0.717) is 50.6 Å². The van der Waals surface area contributed by atoms with Crippen LogP contribution in [0.5, 0.6) is 0 Å². The van der Waals surface area contributed by atoms with Crippen LogP contribution in [0.15, 0.2) is 24.3 Å². The molecule has 2 aliphatic rings. The fourth-order valence-corrected chi connectivity index (χ4v) is 3.69. The van der Waals surface area contributed by atoms with Crippen LogP contribution in [0, 0.1) is 5.92 Å². The summed E-state index contributed by atoms with van der Waals surface area (Å²) in [5.41, 5.74) is 0.310. The minimum Gasteiger partial charge on any atom is -0.481 e. The Morgan fingerprint density at radius 2 is 1.87 bits per heavy atom. The van der Waals surface area contributed by atoms with Gasteiger partial charge in [-0.15, -0.1) is 0 Å². The molecule has 3 rings (SSSR count). The van der Waals surface area contributed by atoms with Gasteiger partial charge in [0.05, 0.1) is 11.3 Å². The molecule has 0 bridgehead atoms. The summed E-state index contributed by atoms with van der Waals surface area (Å²) >= 11 is 5.97. The Labute approximate surface area is 140 Å². The summed E-state index contributed by atoms with van der Waals surface area (Å²) in [6.45, 7) is 1.87. The fraction of sp³-hybridized carbons (Fsp3) is 0.529. The number of halogens is 1. The molecular formula is C17H20ClNO4. The first-order valence-electron chi connectivity index (χ1n) is 7.89. The van der Waals surface area contributed by atoms with Crippen molar-refractivity contribution in [3.8, 4) is 0 Å². The Morgan fingerprint density at radius 1 is 1.22 bits per heavy atom. The highest BCUT2D eigenvalue weighted by molar-refractivity contribution is 6.30. The molecule has 0 aliphatic carbocycles. The summed E-state index contributed by atoms with van der Waals surface area (Å²) in [5.74, 6) is -1.26. The van der Waals surface area contributed by atoms with Crippen LogP contribution >= 0.6 is 11.6 Å². The molecule has 2 heterocycles. The zero-order chi connectivity index (χ0) is 16.4. The fourth-order valence-electron chi connectivity index (χ4n) is 3.56. The van der Waals surface area contributed by atoms with E-state index in [4.69, 9.17) is 21.4 Å². The van der Waals surface area contributed by atoms with Gasteiger partial charge in [0.25, 0.3) is 0 Å². The highest BCUT2D eigenvalue weighted by Crippen LogP contribution is 2.38. The number of hydrogen-bond donors (Lipinski definition) is 1. The molecule has 0 radical (unpaired) electrons. The van der Waals surface area contributed by atoms with Crippen molar-refractivity contribution in [3.63, 3.8) is 0 Å². The molecule has 1 aromatic carbocycles. The smallest absolute Gasteiger partial charge is 0.308 e. The van der Waals surface area contributed by atoms with Crippen LogP contribution in [0.3, 0.4) is 0 Å². The van der Waals surface area contributed by atoms with Gasteiger partial charge in [0.15, 0.2) is 0 Å². The molecule has 1 amide bonds. The summed E-state index contributed by atoms with van der Waals surface area (Å²) in [7, 11) is 0. The number of rotatable bonds is 3. The molecule has 1 atom stereocenters. The van der Waals surface area contributed by atoms with E-state index in [1.165, 1.54) is 0 Å². The highest BCUT2D eigenvalue weighted by Gasteiger charge is 2.46. The van der Waals surface area contributed by atoms with Crippen molar-refractivity contribution in [1.82, 2.24) is 4.90 Å². The van der Waals surface area contributed by atoms with E-state index in [1.54, 1.807) is 17.0 Å². The minimum atomic E-state index is -0.826. The molecule has 2 saturated heterocycles. The van der Waals surface area contributed by atoms with Crippen LogP contribution < -0.4 is 0 Å². The van der Waals surface area contributed by atoms with Crippen LogP contribution in [0.1, 0.15) is 24.8 Å². The standard InChI is InChI=1S/C17H20ClNO4/c18-14-3-1-13(2-4-14)17(6-9-23-10-7-17)16(22)19-8-5-12(11-19)15(20)21/h1-4,12H,5-11H2,(H,20,21)/t12-/m0/s1. The predicted octanol–water partition coefficient (Wildman–Crippen LogP) is 2.32. The van der Waals surface area contributed by atoms with Gasteiger partial charge in [0.2, 0.25) is 5.91 Å². The molecule has 23 heavy (non-hydrogen) atoms.